The van der Waals surface area contributed by atoms with E-state index in [1.165, 1.54) is 30.3 Å². The van der Waals surface area contributed by atoms with Crippen LogP contribution in [0.4, 0.5) is 14.9 Å². The smallest absolute Gasteiger partial charge is 0.407 e. The minimum absolute atomic E-state index is 0.0316. The van der Waals surface area contributed by atoms with Crippen molar-refractivity contribution in [2.75, 3.05) is 11.4 Å². The number of nitrogens with zero attached hydrogens (tertiary/aromatic N) is 1. The van der Waals surface area contributed by atoms with Crippen LogP contribution >= 0.6 is 11.6 Å². The molecule has 0 aromatic heterocycles. The number of primary sulfonamides is 1. The highest BCUT2D eigenvalue weighted by molar-refractivity contribution is 7.89. The van der Waals surface area contributed by atoms with Crippen molar-refractivity contribution >= 4 is 39.3 Å². The van der Waals surface area contributed by atoms with Crippen LogP contribution in [0.1, 0.15) is 12.0 Å². The summed E-state index contributed by atoms with van der Waals surface area (Å²) in [6.45, 7) is -0.184. The minimum Gasteiger partial charge on any atom is -0.407 e. The van der Waals surface area contributed by atoms with E-state index in [2.05, 4.69) is 5.32 Å². The molecule has 2 amide bonds. The van der Waals surface area contributed by atoms with Gasteiger partial charge in [-0.1, -0.05) is 17.7 Å². The van der Waals surface area contributed by atoms with Gasteiger partial charge >= 0.3 is 6.09 Å². The number of anilines is 1. The van der Waals surface area contributed by atoms with Crippen molar-refractivity contribution in [3.63, 3.8) is 0 Å². The zero-order valence-electron chi connectivity index (χ0n) is 15.3. The van der Waals surface area contributed by atoms with Crippen LogP contribution in [0.3, 0.4) is 0 Å². The number of hydrogen-bond acceptors (Lipinski definition) is 6. The molecule has 160 valence electrons. The Kier molecular flexibility index (Phi) is 5.99. The fourth-order valence-corrected chi connectivity index (χ4v) is 3.73. The average Bonchev–Trinajstić information content (AvgIpc) is 2.93. The van der Waals surface area contributed by atoms with E-state index >= 15 is 0 Å². The lowest BCUT2D eigenvalue weighted by Crippen LogP contribution is -2.46. The number of hydrogen-bond donors (Lipinski definition) is 3. The fraction of sp³-hybridized carbons (Fsp3) is 0.222. The molecular formula is C18H17ClFN3O6S. The van der Waals surface area contributed by atoms with Gasteiger partial charge in [0.2, 0.25) is 10.0 Å². The fourth-order valence-electron chi connectivity index (χ4n) is 2.93. The third kappa shape index (κ3) is 4.87. The molecule has 2 aromatic carbocycles. The number of aliphatic hydroxyl groups is 1. The number of rotatable bonds is 5. The second-order valence-corrected chi connectivity index (χ2v) is 8.55. The second kappa shape index (κ2) is 8.19. The SMILES string of the molecule is NS(=O)(=O)c1cccc(N2CCC(O)(OC(=O)NCc3cc(F)cc(Cl)c3)C2=O)c1. The number of alkyl carbamates (subject to hydrolysis) is 1. The molecule has 30 heavy (non-hydrogen) atoms. The van der Waals surface area contributed by atoms with Crippen LogP contribution in [0.2, 0.25) is 5.02 Å². The Bertz CT molecular complexity index is 1090. The average molecular weight is 458 g/mol. The van der Waals surface area contributed by atoms with Gasteiger partial charge in [0.1, 0.15) is 5.82 Å². The predicted molar refractivity (Wildman–Crippen MR) is 104 cm³/mol. The second-order valence-electron chi connectivity index (χ2n) is 6.55. The Labute approximate surface area is 176 Å². The summed E-state index contributed by atoms with van der Waals surface area (Å²) in [5.74, 6) is -3.98. The van der Waals surface area contributed by atoms with E-state index in [0.717, 1.165) is 17.0 Å². The summed E-state index contributed by atoms with van der Waals surface area (Å²) in [4.78, 5) is 25.5. The van der Waals surface area contributed by atoms with Crippen LogP contribution < -0.4 is 15.4 Å². The van der Waals surface area contributed by atoms with Crippen LogP contribution in [0, 0.1) is 5.82 Å². The third-order valence-corrected chi connectivity index (χ3v) is 5.46. The van der Waals surface area contributed by atoms with Gasteiger partial charge in [-0.2, -0.15) is 0 Å². The van der Waals surface area contributed by atoms with Crippen molar-refractivity contribution in [3.8, 4) is 0 Å². The molecule has 1 heterocycles. The van der Waals surface area contributed by atoms with Crippen LogP contribution in [0.15, 0.2) is 47.4 Å². The lowest BCUT2D eigenvalue weighted by atomic mass is 10.2. The first kappa shape index (κ1) is 22.0. The summed E-state index contributed by atoms with van der Waals surface area (Å²) in [6.07, 6.45) is -1.35. The molecule has 3 rings (SSSR count). The van der Waals surface area contributed by atoms with E-state index in [4.69, 9.17) is 21.5 Å². The van der Waals surface area contributed by atoms with E-state index in [0.29, 0.717) is 5.56 Å². The van der Waals surface area contributed by atoms with Crippen LogP contribution in [-0.2, 0) is 26.1 Å². The molecule has 0 bridgehead atoms. The van der Waals surface area contributed by atoms with Gasteiger partial charge in [0.15, 0.2) is 0 Å². The molecule has 9 nitrogen and oxygen atoms in total. The molecule has 0 radical (unpaired) electrons. The highest BCUT2D eigenvalue weighted by Crippen LogP contribution is 2.30. The number of benzene rings is 2. The Morgan fingerprint density at radius 3 is 2.73 bits per heavy atom. The molecular weight excluding hydrogens is 441 g/mol. The van der Waals surface area contributed by atoms with Crippen LogP contribution in [0.5, 0.6) is 0 Å². The number of nitrogens with two attached hydrogens (primary N) is 1. The normalized spacial score (nSPS) is 19.1. The first-order chi connectivity index (χ1) is 14.0. The molecule has 0 saturated carbocycles. The Morgan fingerprint density at radius 1 is 1.33 bits per heavy atom. The van der Waals surface area contributed by atoms with Crippen molar-refractivity contribution in [2.24, 2.45) is 5.14 Å². The Morgan fingerprint density at radius 2 is 2.07 bits per heavy atom. The van der Waals surface area contributed by atoms with Gasteiger partial charge in [0, 0.05) is 30.2 Å². The van der Waals surface area contributed by atoms with E-state index < -0.39 is 33.6 Å². The molecule has 1 aliphatic rings. The largest absolute Gasteiger partial charge is 0.410 e. The highest BCUT2D eigenvalue weighted by Gasteiger charge is 2.49. The molecule has 0 aliphatic carbocycles. The lowest BCUT2D eigenvalue weighted by Gasteiger charge is -2.22. The van der Waals surface area contributed by atoms with Crippen molar-refractivity contribution in [2.45, 2.75) is 23.6 Å². The molecule has 1 fully saturated rings. The van der Waals surface area contributed by atoms with E-state index in [9.17, 15) is 27.5 Å². The van der Waals surface area contributed by atoms with Crippen LogP contribution in [0.25, 0.3) is 0 Å². The zero-order chi connectivity index (χ0) is 22.1. The molecule has 1 aliphatic heterocycles. The molecule has 0 spiro atoms. The van der Waals surface area contributed by atoms with E-state index in [1.807, 2.05) is 0 Å². The van der Waals surface area contributed by atoms with Gasteiger partial charge in [-0.25, -0.2) is 22.7 Å². The van der Waals surface area contributed by atoms with Gasteiger partial charge in [-0.05, 0) is 42.0 Å². The predicted octanol–water partition coefficient (Wildman–Crippen LogP) is 1.48. The summed E-state index contributed by atoms with van der Waals surface area (Å²) in [6, 6.07) is 8.95. The third-order valence-electron chi connectivity index (χ3n) is 4.33. The molecule has 4 N–H and O–H groups in total. The first-order valence-corrected chi connectivity index (χ1v) is 10.5. The van der Waals surface area contributed by atoms with Crippen molar-refractivity contribution in [1.82, 2.24) is 5.32 Å². The van der Waals surface area contributed by atoms with Crippen molar-refractivity contribution < 1.29 is 32.2 Å². The maximum Gasteiger partial charge on any atom is 0.410 e. The van der Waals surface area contributed by atoms with Crippen LogP contribution in [-0.4, -0.2) is 37.9 Å². The number of carbonyl (C=O) groups is 2. The molecule has 12 heteroatoms. The minimum atomic E-state index is -3.99. The Balaban J connectivity index is 1.67. The number of nitrogens with one attached hydrogen (secondary N) is 1. The molecule has 1 atom stereocenters. The zero-order valence-corrected chi connectivity index (χ0v) is 16.9. The quantitative estimate of drug-likeness (QED) is 0.581. The number of carbonyl (C=O) groups excluding carboxylic acids is 2. The monoisotopic (exact) mass is 457 g/mol. The summed E-state index contributed by atoms with van der Waals surface area (Å²) >= 11 is 5.74. The summed E-state index contributed by atoms with van der Waals surface area (Å²) in [5, 5.41) is 18.0. The summed E-state index contributed by atoms with van der Waals surface area (Å²) in [7, 11) is -3.99. The highest BCUT2D eigenvalue weighted by atomic mass is 35.5. The topological polar surface area (TPSA) is 139 Å². The van der Waals surface area contributed by atoms with Crippen molar-refractivity contribution in [1.29, 1.82) is 0 Å². The number of amides is 2. The molecule has 1 unspecified atom stereocenters. The van der Waals surface area contributed by atoms with E-state index in [-0.39, 0.29) is 35.1 Å². The van der Waals surface area contributed by atoms with Crippen molar-refractivity contribution in [3.05, 3.63) is 58.9 Å². The van der Waals surface area contributed by atoms with Gasteiger partial charge in [-0.3, -0.25) is 4.79 Å². The summed E-state index contributed by atoms with van der Waals surface area (Å²) < 4.78 is 41.2. The maximum atomic E-state index is 13.3. The lowest BCUT2D eigenvalue weighted by molar-refractivity contribution is -0.175. The summed E-state index contributed by atoms with van der Waals surface area (Å²) in [5.41, 5.74) is 0.518. The van der Waals surface area contributed by atoms with Gasteiger partial charge in [0.25, 0.3) is 11.7 Å². The molecule has 2 aromatic rings. The standard InChI is InChI=1S/C18H17ClFN3O6S/c19-12-6-11(7-13(20)8-12)10-22-17(25)29-18(26)4-5-23(16(18)24)14-2-1-3-15(9-14)30(21,27)28/h1-3,6-9,26H,4-5,10H2,(H,22,25)(H2,21,27,28). The number of ether oxygens (including phenoxy) is 1. The first-order valence-electron chi connectivity index (χ1n) is 8.57. The number of halogens is 2. The molecule has 1 saturated heterocycles. The van der Waals surface area contributed by atoms with Gasteiger partial charge in [-0.15, -0.1) is 0 Å². The van der Waals surface area contributed by atoms with E-state index in [1.54, 1.807) is 0 Å². The maximum absolute atomic E-state index is 13.3. The Hall–Kier alpha value is -2.73. The van der Waals surface area contributed by atoms with Gasteiger partial charge < -0.3 is 20.1 Å². The van der Waals surface area contributed by atoms with Gasteiger partial charge in [0.05, 0.1) is 4.90 Å². The number of sulfonamides is 1.